The van der Waals surface area contributed by atoms with E-state index < -0.39 is 0 Å². The first-order valence-corrected chi connectivity index (χ1v) is 6.22. The topological polar surface area (TPSA) is 0 Å². The molecule has 0 saturated carbocycles. The van der Waals surface area contributed by atoms with Crippen LogP contribution in [0.4, 0.5) is 0 Å². The third kappa shape index (κ3) is 2.41. The lowest BCUT2D eigenvalue weighted by Gasteiger charge is -2.18. The first-order chi connectivity index (χ1) is 8.09. The van der Waals surface area contributed by atoms with E-state index in [9.17, 15) is 0 Å². The highest BCUT2D eigenvalue weighted by Crippen LogP contribution is 2.30. The average Bonchev–Trinajstić information content (AvgIpc) is 2.28. The first kappa shape index (κ1) is 11.9. The Balaban J connectivity index is 2.48. The van der Waals surface area contributed by atoms with Gasteiger partial charge in [0.1, 0.15) is 0 Å². The zero-order valence-electron chi connectivity index (χ0n) is 11.1. The summed E-state index contributed by atoms with van der Waals surface area (Å²) >= 11 is 0. The SMILES string of the molecule is Cc1cc(C)c(C(C)c2ccccc2)c(C)c1. The van der Waals surface area contributed by atoms with Crippen molar-refractivity contribution in [1.82, 2.24) is 0 Å². The second-order valence-corrected chi connectivity index (χ2v) is 4.94. The van der Waals surface area contributed by atoms with Crippen molar-refractivity contribution in [3.63, 3.8) is 0 Å². The van der Waals surface area contributed by atoms with Crippen LogP contribution in [0.5, 0.6) is 0 Å². The summed E-state index contributed by atoms with van der Waals surface area (Å²) in [5.74, 6) is 0.469. The minimum Gasteiger partial charge on any atom is -0.0622 e. The van der Waals surface area contributed by atoms with Crippen molar-refractivity contribution in [3.8, 4) is 0 Å². The van der Waals surface area contributed by atoms with Crippen LogP contribution in [0.2, 0.25) is 0 Å². The van der Waals surface area contributed by atoms with Gasteiger partial charge < -0.3 is 0 Å². The van der Waals surface area contributed by atoms with Crippen molar-refractivity contribution < 1.29 is 0 Å². The maximum Gasteiger partial charge on any atom is 0.00662 e. The van der Waals surface area contributed by atoms with Gasteiger partial charge in [-0.2, -0.15) is 0 Å². The third-order valence-corrected chi connectivity index (χ3v) is 3.47. The van der Waals surface area contributed by atoms with Gasteiger partial charge >= 0.3 is 0 Å². The van der Waals surface area contributed by atoms with Crippen LogP contribution in [0.15, 0.2) is 42.5 Å². The summed E-state index contributed by atoms with van der Waals surface area (Å²) < 4.78 is 0. The van der Waals surface area contributed by atoms with E-state index in [1.807, 2.05) is 0 Å². The number of aryl methyl sites for hydroxylation is 3. The van der Waals surface area contributed by atoms with Gasteiger partial charge in [-0.25, -0.2) is 0 Å². The number of hydrogen-bond donors (Lipinski definition) is 0. The van der Waals surface area contributed by atoms with Crippen LogP contribution >= 0.6 is 0 Å². The van der Waals surface area contributed by atoms with Gasteiger partial charge in [-0.15, -0.1) is 0 Å². The van der Waals surface area contributed by atoms with E-state index in [0.29, 0.717) is 5.92 Å². The number of rotatable bonds is 2. The Hall–Kier alpha value is -1.56. The molecule has 0 N–H and O–H groups in total. The van der Waals surface area contributed by atoms with Crippen molar-refractivity contribution in [2.75, 3.05) is 0 Å². The van der Waals surface area contributed by atoms with Crippen molar-refractivity contribution in [2.45, 2.75) is 33.6 Å². The Kier molecular flexibility index (Phi) is 3.33. The summed E-state index contributed by atoms with van der Waals surface area (Å²) in [5.41, 5.74) is 7.02. The lowest BCUT2D eigenvalue weighted by molar-refractivity contribution is 0.896. The van der Waals surface area contributed by atoms with Crippen LogP contribution < -0.4 is 0 Å². The molecule has 0 nitrogen and oxygen atoms in total. The Morgan fingerprint density at radius 2 is 1.35 bits per heavy atom. The zero-order valence-corrected chi connectivity index (χ0v) is 11.1. The van der Waals surface area contributed by atoms with E-state index in [2.05, 4.69) is 70.2 Å². The van der Waals surface area contributed by atoms with Crippen LogP contribution in [-0.4, -0.2) is 0 Å². The van der Waals surface area contributed by atoms with Gasteiger partial charge in [0, 0.05) is 5.92 Å². The Bertz CT molecular complexity index is 486. The van der Waals surface area contributed by atoms with Crippen LogP contribution in [0.1, 0.15) is 40.7 Å². The van der Waals surface area contributed by atoms with Crippen LogP contribution in [0.3, 0.4) is 0 Å². The normalized spacial score (nSPS) is 12.5. The quantitative estimate of drug-likeness (QED) is 0.689. The molecule has 0 saturated heterocycles. The van der Waals surface area contributed by atoms with E-state index in [1.54, 1.807) is 0 Å². The molecular formula is C17H20. The van der Waals surface area contributed by atoms with Crippen LogP contribution in [0.25, 0.3) is 0 Å². The molecule has 0 heteroatoms. The maximum absolute atomic E-state index is 2.29. The molecule has 2 rings (SSSR count). The molecule has 0 radical (unpaired) electrons. The summed E-state index contributed by atoms with van der Waals surface area (Å²) in [6.07, 6.45) is 0. The molecule has 0 fully saturated rings. The lowest BCUT2D eigenvalue weighted by atomic mass is 9.86. The Morgan fingerprint density at radius 3 is 1.88 bits per heavy atom. The first-order valence-electron chi connectivity index (χ1n) is 6.22. The zero-order chi connectivity index (χ0) is 12.4. The van der Waals surface area contributed by atoms with Crippen molar-refractivity contribution in [3.05, 3.63) is 70.3 Å². The molecule has 0 aliphatic heterocycles. The molecule has 0 bridgehead atoms. The maximum atomic E-state index is 2.29. The summed E-state index contributed by atoms with van der Waals surface area (Å²) in [4.78, 5) is 0. The molecule has 0 amide bonds. The number of benzene rings is 2. The van der Waals surface area contributed by atoms with E-state index in [0.717, 1.165) is 0 Å². The predicted octanol–water partition coefficient (Wildman–Crippen LogP) is 4.76. The predicted molar refractivity (Wildman–Crippen MR) is 74.6 cm³/mol. The van der Waals surface area contributed by atoms with Crippen molar-refractivity contribution >= 4 is 0 Å². The van der Waals surface area contributed by atoms with E-state index in [1.165, 1.54) is 27.8 Å². The molecule has 1 atom stereocenters. The average molecular weight is 224 g/mol. The van der Waals surface area contributed by atoms with Crippen molar-refractivity contribution in [2.24, 2.45) is 0 Å². The van der Waals surface area contributed by atoms with Crippen LogP contribution in [-0.2, 0) is 0 Å². The minimum atomic E-state index is 0.469. The van der Waals surface area contributed by atoms with Crippen LogP contribution in [0, 0.1) is 20.8 Å². The summed E-state index contributed by atoms with van der Waals surface area (Å²) in [6, 6.07) is 15.3. The van der Waals surface area contributed by atoms with Crippen molar-refractivity contribution in [1.29, 1.82) is 0 Å². The van der Waals surface area contributed by atoms with Gasteiger partial charge in [-0.05, 0) is 43.0 Å². The summed E-state index contributed by atoms with van der Waals surface area (Å²) in [6.45, 7) is 8.89. The molecule has 0 aliphatic rings. The van der Waals surface area contributed by atoms with Gasteiger partial charge in [0.2, 0.25) is 0 Å². The third-order valence-electron chi connectivity index (χ3n) is 3.47. The minimum absolute atomic E-state index is 0.469. The monoisotopic (exact) mass is 224 g/mol. The number of hydrogen-bond acceptors (Lipinski definition) is 0. The molecule has 88 valence electrons. The molecule has 0 aliphatic carbocycles. The largest absolute Gasteiger partial charge is 0.0622 e. The van der Waals surface area contributed by atoms with Gasteiger partial charge in [0.25, 0.3) is 0 Å². The smallest absolute Gasteiger partial charge is 0.00662 e. The Labute approximate surface area is 104 Å². The van der Waals surface area contributed by atoms with Gasteiger partial charge in [-0.3, -0.25) is 0 Å². The fraction of sp³-hybridized carbons (Fsp3) is 0.294. The highest BCUT2D eigenvalue weighted by molar-refractivity contribution is 5.44. The molecular weight excluding hydrogens is 204 g/mol. The van der Waals surface area contributed by atoms with E-state index >= 15 is 0 Å². The van der Waals surface area contributed by atoms with Gasteiger partial charge in [0.15, 0.2) is 0 Å². The van der Waals surface area contributed by atoms with E-state index in [-0.39, 0.29) is 0 Å². The Morgan fingerprint density at radius 1 is 0.824 bits per heavy atom. The second kappa shape index (κ2) is 4.75. The molecule has 17 heavy (non-hydrogen) atoms. The highest BCUT2D eigenvalue weighted by atomic mass is 14.2. The summed E-state index contributed by atoms with van der Waals surface area (Å²) in [5, 5.41) is 0. The van der Waals surface area contributed by atoms with E-state index in [4.69, 9.17) is 0 Å². The van der Waals surface area contributed by atoms with Gasteiger partial charge in [0.05, 0.1) is 0 Å². The lowest BCUT2D eigenvalue weighted by Crippen LogP contribution is -2.02. The summed E-state index contributed by atoms with van der Waals surface area (Å²) in [7, 11) is 0. The molecule has 1 unspecified atom stereocenters. The molecule has 2 aromatic carbocycles. The molecule has 0 aromatic heterocycles. The molecule has 0 heterocycles. The highest BCUT2D eigenvalue weighted by Gasteiger charge is 2.13. The van der Waals surface area contributed by atoms with Gasteiger partial charge in [-0.1, -0.05) is 55.0 Å². The molecule has 0 spiro atoms. The standard InChI is InChI=1S/C17H20/c1-12-10-13(2)17(14(3)11-12)15(4)16-8-6-5-7-9-16/h5-11,15H,1-4H3. The second-order valence-electron chi connectivity index (χ2n) is 4.94. The molecule has 2 aromatic rings. The fourth-order valence-corrected chi connectivity index (χ4v) is 2.78. The fourth-order valence-electron chi connectivity index (χ4n) is 2.78.